The Morgan fingerprint density at radius 2 is 1.59 bits per heavy atom. The highest BCUT2D eigenvalue weighted by atomic mass is 16.5. The van der Waals surface area contributed by atoms with E-state index in [1.807, 2.05) is 6.07 Å². The minimum Gasteiger partial charge on any atom is -0.491 e. The molecule has 0 aromatic heterocycles. The largest absolute Gasteiger partial charge is 0.491 e. The molecule has 0 aliphatic carbocycles. The van der Waals surface area contributed by atoms with Crippen LogP contribution in [0.3, 0.4) is 0 Å². The number of rotatable bonds is 12. The molecule has 2 aromatic carbocycles. The van der Waals surface area contributed by atoms with Crippen LogP contribution in [0.4, 0.5) is 0 Å². The van der Waals surface area contributed by atoms with Gasteiger partial charge in [-0.1, -0.05) is 50.2 Å². The number of aryl methyl sites for hydroxylation is 1. The van der Waals surface area contributed by atoms with E-state index in [0.29, 0.717) is 0 Å². The van der Waals surface area contributed by atoms with Crippen LogP contribution in [0.25, 0.3) is 0 Å². The molecule has 27 heavy (non-hydrogen) atoms. The Kier molecular flexibility index (Phi) is 9.20. The van der Waals surface area contributed by atoms with Gasteiger partial charge in [-0.2, -0.15) is 0 Å². The maximum Gasteiger partial charge on any atom is 0.127 e. The fourth-order valence-electron chi connectivity index (χ4n) is 2.76. The fraction of sp³-hybridized carbons (Fsp3) is 0.500. The Balaban J connectivity index is 1.90. The van der Waals surface area contributed by atoms with Gasteiger partial charge in [0.15, 0.2) is 0 Å². The van der Waals surface area contributed by atoms with Crippen molar-refractivity contribution in [3.05, 3.63) is 59.7 Å². The molecule has 2 rings (SSSR count). The maximum absolute atomic E-state index is 6.16. The molecule has 0 fully saturated rings. The molecule has 0 aliphatic heterocycles. The van der Waals surface area contributed by atoms with Crippen molar-refractivity contribution in [3.63, 3.8) is 0 Å². The third-order valence-electron chi connectivity index (χ3n) is 4.83. The zero-order chi connectivity index (χ0) is 19.5. The Labute approximate surface area is 165 Å². The van der Waals surface area contributed by atoms with Gasteiger partial charge < -0.3 is 14.8 Å². The second-order valence-electron chi connectivity index (χ2n) is 7.21. The van der Waals surface area contributed by atoms with Crippen LogP contribution in [0.2, 0.25) is 0 Å². The monoisotopic (exact) mass is 369 g/mol. The van der Waals surface area contributed by atoms with Gasteiger partial charge in [0.25, 0.3) is 0 Å². The fourth-order valence-corrected chi connectivity index (χ4v) is 2.76. The molecule has 3 nitrogen and oxygen atoms in total. The molecule has 0 saturated carbocycles. The molecule has 0 amide bonds. The number of ether oxygens (including phenoxy) is 2. The van der Waals surface area contributed by atoms with E-state index in [9.17, 15) is 0 Å². The van der Waals surface area contributed by atoms with Crippen LogP contribution in [0.1, 0.15) is 58.1 Å². The average Bonchev–Trinajstić information content (AvgIpc) is 2.69. The zero-order valence-corrected chi connectivity index (χ0v) is 17.3. The van der Waals surface area contributed by atoms with Gasteiger partial charge in [-0.15, -0.1) is 0 Å². The third-order valence-corrected chi connectivity index (χ3v) is 4.83. The van der Waals surface area contributed by atoms with E-state index >= 15 is 0 Å². The number of hydrogen-bond acceptors (Lipinski definition) is 3. The van der Waals surface area contributed by atoms with E-state index in [0.717, 1.165) is 50.3 Å². The molecule has 0 bridgehead atoms. The first-order valence-electron chi connectivity index (χ1n) is 10.3. The van der Waals surface area contributed by atoms with Crippen molar-refractivity contribution in [3.8, 4) is 11.5 Å². The zero-order valence-electron chi connectivity index (χ0n) is 17.3. The standard InChI is InChI=1S/C24H35NO2/c1-5-19(3)26-23-15-14-22(24(17-23)27-20(4)6-2)18-25-16-10-13-21-11-8-7-9-12-21/h7-9,11-12,14-15,17,19-20,25H,5-6,10,13,16,18H2,1-4H3. The van der Waals surface area contributed by atoms with Crippen LogP contribution in [0, 0.1) is 0 Å². The van der Waals surface area contributed by atoms with Gasteiger partial charge in [-0.05, 0) is 57.7 Å². The van der Waals surface area contributed by atoms with E-state index in [-0.39, 0.29) is 12.2 Å². The second-order valence-corrected chi connectivity index (χ2v) is 7.21. The lowest BCUT2D eigenvalue weighted by Gasteiger charge is -2.19. The molecule has 2 atom stereocenters. The molecule has 0 aliphatic rings. The predicted octanol–water partition coefficient (Wildman–Crippen LogP) is 5.76. The minimum atomic E-state index is 0.195. The third kappa shape index (κ3) is 7.64. The maximum atomic E-state index is 6.16. The molecule has 148 valence electrons. The summed E-state index contributed by atoms with van der Waals surface area (Å²) in [6, 6.07) is 16.9. The van der Waals surface area contributed by atoms with Crippen LogP contribution in [-0.4, -0.2) is 18.8 Å². The second kappa shape index (κ2) is 11.7. The lowest BCUT2D eigenvalue weighted by molar-refractivity contribution is 0.203. The Hall–Kier alpha value is -2.00. The molecule has 2 unspecified atom stereocenters. The number of hydrogen-bond donors (Lipinski definition) is 1. The number of nitrogens with one attached hydrogen (secondary N) is 1. The molecule has 0 heterocycles. The molecule has 0 saturated heterocycles. The predicted molar refractivity (Wildman–Crippen MR) is 114 cm³/mol. The lowest BCUT2D eigenvalue weighted by Crippen LogP contribution is -2.18. The van der Waals surface area contributed by atoms with Crippen LogP contribution in [-0.2, 0) is 13.0 Å². The molecule has 1 N–H and O–H groups in total. The van der Waals surface area contributed by atoms with E-state index in [4.69, 9.17) is 9.47 Å². The quantitative estimate of drug-likeness (QED) is 0.482. The first-order chi connectivity index (χ1) is 13.1. The van der Waals surface area contributed by atoms with Gasteiger partial charge >= 0.3 is 0 Å². The van der Waals surface area contributed by atoms with Crippen LogP contribution in [0.5, 0.6) is 11.5 Å². The van der Waals surface area contributed by atoms with Crippen molar-refractivity contribution < 1.29 is 9.47 Å². The molecular formula is C24H35NO2. The normalized spacial score (nSPS) is 13.2. The van der Waals surface area contributed by atoms with Crippen LogP contribution >= 0.6 is 0 Å². The van der Waals surface area contributed by atoms with Crippen molar-refractivity contribution in [2.75, 3.05) is 6.54 Å². The molecule has 3 heteroatoms. The van der Waals surface area contributed by atoms with Gasteiger partial charge in [0, 0.05) is 18.2 Å². The van der Waals surface area contributed by atoms with Gasteiger partial charge in [-0.25, -0.2) is 0 Å². The van der Waals surface area contributed by atoms with E-state index in [1.165, 1.54) is 11.1 Å². The highest BCUT2D eigenvalue weighted by Gasteiger charge is 2.10. The van der Waals surface area contributed by atoms with Crippen molar-refractivity contribution in [2.45, 2.75) is 72.1 Å². The van der Waals surface area contributed by atoms with Crippen molar-refractivity contribution >= 4 is 0 Å². The van der Waals surface area contributed by atoms with Gasteiger partial charge in [0.1, 0.15) is 11.5 Å². The van der Waals surface area contributed by atoms with E-state index in [1.54, 1.807) is 0 Å². The summed E-state index contributed by atoms with van der Waals surface area (Å²) in [4.78, 5) is 0. The molecule has 0 radical (unpaired) electrons. The van der Waals surface area contributed by atoms with Gasteiger partial charge in [0.05, 0.1) is 12.2 Å². The minimum absolute atomic E-state index is 0.195. The average molecular weight is 370 g/mol. The molecule has 2 aromatic rings. The molecule has 0 spiro atoms. The van der Waals surface area contributed by atoms with E-state index < -0.39 is 0 Å². The molecular weight excluding hydrogens is 334 g/mol. The van der Waals surface area contributed by atoms with Gasteiger partial charge in [0.2, 0.25) is 0 Å². The van der Waals surface area contributed by atoms with Crippen LogP contribution < -0.4 is 14.8 Å². The first kappa shape index (κ1) is 21.3. The van der Waals surface area contributed by atoms with E-state index in [2.05, 4.69) is 75.5 Å². The summed E-state index contributed by atoms with van der Waals surface area (Å²) in [5, 5.41) is 3.55. The number of benzene rings is 2. The summed E-state index contributed by atoms with van der Waals surface area (Å²) in [6.07, 6.45) is 4.61. The van der Waals surface area contributed by atoms with Crippen molar-refractivity contribution in [1.82, 2.24) is 5.32 Å². The highest BCUT2D eigenvalue weighted by Crippen LogP contribution is 2.27. The van der Waals surface area contributed by atoms with Gasteiger partial charge in [-0.3, -0.25) is 0 Å². The first-order valence-corrected chi connectivity index (χ1v) is 10.3. The Morgan fingerprint density at radius 1 is 0.889 bits per heavy atom. The topological polar surface area (TPSA) is 30.5 Å². The summed E-state index contributed by atoms with van der Waals surface area (Å²) in [6.45, 7) is 10.3. The SMILES string of the molecule is CCC(C)Oc1ccc(CNCCCc2ccccc2)c(OC(C)CC)c1. The van der Waals surface area contributed by atoms with Crippen molar-refractivity contribution in [1.29, 1.82) is 0 Å². The lowest BCUT2D eigenvalue weighted by atomic mass is 10.1. The van der Waals surface area contributed by atoms with Crippen molar-refractivity contribution in [2.24, 2.45) is 0 Å². The summed E-state index contributed by atoms with van der Waals surface area (Å²) < 4.78 is 12.1. The van der Waals surface area contributed by atoms with Crippen LogP contribution in [0.15, 0.2) is 48.5 Å². The smallest absolute Gasteiger partial charge is 0.127 e. The Bertz CT molecular complexity index is 657. The highest BCUT2D eigenvalue weighted by molar-refractivity contribution is 5.41. The summed E-state index contributed by atoms with van der Waals surface area (Å²) in [5.41, 5.74) is 2.58. The Morgan fingerprint density at radius 3 is 2.30 bits per heavy atom. The summed E-state index contributed by atoms with van der Waals surface area (Å²) in [7, 11) is 0. The summed E-state index contributed by atoms with van der Waals surface area (Å²) in [5.74, 6) is 1.82. The summed E-state index contributed by atoms with van der Waals surface area (Å²) >= 11 is 0.